The largest absolute Gasteiger partial charge is 0.457 e. The summed E-state index contributed by atoms with van der Waals surface area (Å²) in [5, 5.41) is 13.6. The summed E-state index contributed by atoms with van der Waals surface area (Å²) >= 11 is 0. The number of non-ortho nitro benzene ring substituents is 1. The predicted octanol–water partition coefficient (Wildman–Crippen LogP) is 4.08. The van der Waals surface area contributed by atoms with Gasteiger partial charge >= 0.3 is 6.03 Å². The van der Waals surface area contributed by atoms with Crippen LogP contribution >= 0.6 is 0 Å². The second-order valence-electron chi connectivity index (χ2n) is 6.96. The molecule has 3 amide bonds. The van der Waals surface area contributed by atoms with Crippen LogP contribution in [-0.4, -0.2) is 27.8 Å². The maximum Gasteiger partial charge on any atom is 0.329 e. The van der Waals surface area contributed by atoms with Gasteiger partial charge in [0.1, 0.15) is 17.2 Å². The number of imide groups is 1. The number of benzene rings is 1. The number of nitrogens with one attached hydrogen (secondary N) is 1. The fraction of sp³-hybridized carbons (Fsp3) is 0.300. The Balaban J connectivity index is 1.55. The lowest BCUT2D eigenvalue weighted by Crippen LogP contribution is -2.41. The Hall–Kier alpha value is -3.42. The van der Waals surface area contributed by atoms with E-state index >= 15 is 0 Å². The molecule has 0 bridgehead atoms. The summed E-state index contributed by atoms with van der Waals surface area (Å²) < 4.78 is 5.71. The van der Waals surface area contributed by atoms with Crippen molar-refractivity contribution in [3.63, 3.8) is 0 Å². The van der Waals surface area contributed by atoms with Gasteiger partial charge in [-0.3, -0.25) is 19.8 Å². The highest BCUT2D eigenvalue weighted by Crippen LogP contribution is 2.29. The van der Waals surface area contributed by atoms with Gasteiger partial charge in [-0.05, 0) is 25.0 Å². The lowest BCUT2D eigenvalue weighted by atomic mass is 9.94. The Morgan fingerprint density at radius 1 is 1.14 bits per heavy atom. The van der Waals surface area contributed by atoms with Gasteiger partial charge in [0.25, 0.3) is 11.6 Å². The number of amides is 3. The Morgan fingerprint density at radius 3 is 2.68 bits per heavy atom. The van der Waals surface area contributed by atoms with E-state index in [0.29, 0.717) is 17.1 Å². The van der Waals surface area contributed by atoms with Gasteiger partial charge in [0, 0.05) is 29.8 Å². The first-order valence-corrected chi connectivity index (χ1v) is 9.24. The lowest BCUT2D eigenvalue weighted by Gasteiger charge is -2.28. The van der Waals surface area contributed by atoms with Crippen LogP contribution in [0.2, 0.25) is 0 Å². The van der Waals surface area contributed by atoms with Crippen LogP contribution in [0.1, 0.15) is 37.9 Å². The third kappa shape index (κ3) is 3.40. The minimum atomic E-state index is -0.470. The molecule has 1 N–H and O–H groups in total. The number of nitro benzene ring substituents is 1. The molecule has 2 heterocycles. The van der Waals surface area contributed by atoms with Gasteiger partial charge in [0.05, 0.1) is 4.92 Å². The van der Waals surface area contributed by atoms with Gasteiger partial charge in [0.15, 0.2) is 0 Å². The minimum absolute atomic E-state index is 0.0323. The maximum absolute atomic E-state index is 12.7. The van der Waals surface area contributed by atoms with Crippen molar-refractivity contribution in [2.45, 2.75) is 38.1 Å². The Bertz CT molecular complexity index is 972. The van der Waals surface area contributed by atoms with Crippen molar-refractivity contribution >= 4 is 23.7 Å². The van der Waals surface area contributed by atoms with Crippen molar-refractivity contribution in [1.29, 1.82) is 0 Å². The van der Waals surface area contributed by atoms with Crippen LogP contribution < -0.4 is 5.32 Å². The van der Waals surface area contributed by atoms with Gasteiger partial charge < -0.3 is 9.73 Å². The van der Waals surface area contributed by atoms with Crippen molar-refractivity contribution in [2.75, 3.05) is 0 Å². The summed E-state index contributed by atoms with van der Waals surface area (Å²) in [6.45, 7) is 0. The van der Waals surface area contributed by atoms with Crippen molar-refractivity contribution in [3.05, 3.63) is 58.0 Å². The van der Waals surface area contributed by atoms with Gasteiger partial charge in [-0.1, -0.05) is 31.4 Å². The molecule has 2 aromatic rings. The molecule has 4 rings (SSSR count). The van der Waals surface area contributed by atoms with E-state index in [4.69, 9.17) is 4.42 Å². The van der Waals surface area contributed by atoms with Crippen LogP contribution in [0.5, 0.6) is 0 Å². The number of furan rings is 1. The predicted molar refractivity (Wildman–Crippen MR) is 101 cm³/mol. The van der Waals surface area contributed by atoms with E-state index in [0.717, 1.165) is 32.1 Å². The molecule has 28 heavy (non-hydrogen) atoms. The molecule has 2 aliphatic rings. The summed E-state index contributed by atoms with van der Waals surface area (Å²) in [6.07, 6.45) is 6.34. The standard InChI is InChI=1S/C20H19N3O5/c24-19-17(21-20(25)22(19)14-6-2-1-3-7-14)12-16-9-10-18(28-16)13-5-4-8-15(11-13)23(26)27/h4-5,8-12,14H,1-3,6-7H2,(H,21,25)/b17-12-. The van der Waals surface area contributed by atoms with Crippen molar-refractivity contribution in [1.82, 2.24) is 10.2 Å². The molecule has 8 nitrogen and oxygen atoms in total. The number of carbonyl (C=O) groups is 2. The van der Waals surface area contributed by atoms with Gasteiger partial charge in [0.2, 0.25) is 0 Å². The zero-order valence-electron chi connectivity index (χ0n) is 15.1. The van der Waals surface area contributed by atoms with Crippen LogP contribution in [0.25, 0.3) is 17.4 Å². The van der Waals surface area contributed by atoms with Crippen molar-refractivity contribution < 1.29 is 18.9 Å². The summed E-state index contributed by atoms with van der Waals surface area (Å²) in [6, 6.07) is 8.99. The van der Waals surface area contributed by atoms with Crippen LogP contribution in [0.4, 0.5) is 10.5 Å². The molecule has 0 atom stereocenters. The number of nitro groups is 1. The van der Waals surface area contributed by atoms with Crippen molar-refractivity contribution in [3.8, 4) is 11.3 Å². The molecule has 1 aromatic heterocycles. The van der Waals surface area contributed by atoms with E-state index in [1.165, 1.54) is 23.1 Å². The van der Waals surface area contributed by atoms with E-state index in [1.807, 2.05) is 0 Å². The molecule has 1 aliphatic heterocycles. The first-order valence-electron chi connectivity index (χ1n) is 9.24. The number of hydrogen-bond donors (Lipinski definition) is 1. The second-order valence-corrected chi connectivity index (χ2v) is 6.96. The van der Waals surface area contributed by atoms with Crippen LogP contribution in [-0.2, 0) is 4.79 Å². The third-order valence-electron chi connectivity index (χ3n) is 5.10. The SMILES string of the molecule is O=C1N/C(=C\c2ccc(-c3cccc([N+](=O)[O-])c3)o2)C(=O)N1C1CCCCC1. The highest BCUT2D eigenvalue weighted by molar-refractivity contribution is 6.14. The van der Waals surface area contributed by atoms with E-state index in [1.54, 1.807) is 24.3 Å². The molecule has 1 saturated carbocycles. The first-order chi connectivity index (χ1) is 13.5. The second kappa shape index (κ2) is 7.30. The molecule has 1 aliphatic carbocycles. The molecular weight excluding hydrogens is 362 g/mol. The number of carbonyl (C=O) groups excluding carboxylic acids is 2. The van der Waals surface area contributed by atoms with E-state index in [-0.39, 0.29) is 23.3 Å². The molecule has 0 unspecified atom stereocenters. The minimum Gasteiger partial charge on any atom is -0.457 e. The molecule has 0 radical (unpaired) electrons. The van der Waals surface area contributed by atoms with Crippen LogP contribution in [0.15, 0.2) is 46.5 Å². The van der Waals surface area contributed by atoms with Crippen molar-refractivity contribution in [2.24, 2.45) is 0 Å². The Labute approximate surface area is 161 Å². The van der Waals surface area contributed by atoms with E-state index in [2.05, 4.69) is 5.32 Å². The molecule has 144 valence electrons. The van der Waals surface area contributed by atoms with Crippen LogP contribution in [0.3, 0.4) is 0 Å². The maximum atomic E-state index is 12.7. The molecular formula is C20H19N3O5. The normalized spacial score (nSPS) is 19.3. The topological polar surface area (TPSA) is 106 Å². The number of urea groups is 1. The number of nitrogens with zero attached hydrogens (tertiary/aromatic N) is 2. The van der Waals surface area contributed by atoms with Gasteiger partial charge in [-0.25, -0.2) is 4.79 Å². The first kappa shape index (κ1) is 18.0. The third-order valence-corrected chi connectivity index (χ3v) is 5.10. The lowest BCUT2D eigenvalue weighted by molar-refractivity contribution is -0.384. The molecule has 8 heteroatoms. The van der Waals surface area contributed by atoms with Gasteiger partial charge in [-0.2, -0.15) is 0 Å². The Morgan fingerprint density at radius 2 is 1.93 bits per heavy atom. The average Bonchev–Trinajstić information content (AvgIpc) is 3.27. The van der Waals surface area contributed by atoms with Crippen LogP contribution in [0, 0.1) is 10.1 Å². The number of rotatable bonds is 4. The zero-order valence-corrected chi connectivity index (χ0v) is 15.1. The molecule has 0 spiro atoms. The summed E-state index contributed by atoms with van der Waals surface area (Å²) in [5.41, 5.74) is 0.704. The molecule has 1 aromatic carbocycles. The smallest absolute Gasteiger partial charge is 0.329 e. The molecule has 2 fully saturated rings. The Kier molecular flexibility index (Phi) is 4.68. The average molecular weight is 381 g/mol. The monoisotopic (exact) mass is 381 g/mol. The highest BCUT2D eigenvalue weighted by atomic mass is 16.6. The number of hydrogen-bond acceptors (Lipinski definition) is 5. The van der Waals surface area contributed by atoms with Gasteiger partial charge in [-0.15, -0.1) is 0 Å². The van der Waals surface area contributed by atoms with E-state index < -0.39 is 11.0 Å². The zero-order chi connectivity index (χ0) is 19.7. The fourth-order valence-electron chi connectivity index (χ4n) is 3.72. The fourth-order valence-corrected chi connectivity index (χ4v) is 3.72. The quantitative estimate of drug-likeness (QED) is 0.372. The highest BCUT2D eigenvalue weighted by Gasteiger charge is 2.39. The molecule has 1 saturated heterocycles. The summed E-state index contributed by atoms with van der Waals surface area (Å²) in [5.74, 6) is 0.484. The van der Waals surface area contributed by atoms with E-state index in [9.17, 15) is 19.7 Å². The summed E-state index contributed by atoms with van der Waals surface area (Å²) in [7, 11) is 0. The summed E-state index contributed by atoms with van der Waals surface area (Å²) in [4.78, 5) is 36.7.